The van der Waals surface area contributed by atoms with E-state index in [1.807, 2.05) is 0 Å². The van der Waals surface area contributed by atoms with Crippen LogP contribution in [-0.4, -0.2) is 44.4 Å². The topological polar surface area (TPSA) is 79.6 Å². The first-order valence-electron chi connectivity index (χ1n) is 10.9. The molecule has 1 aromatic carbocycles. The predicted molar refractivity (Wildman–Crippen MR) is 125 cm³/mol. The molecule has 0 aliphatic carbocycles. The molecular weight excluding hydrogens is 479 g/mol. The molecule has 11 heteroatoms. The lowest BCUT2D eigenvalue weighted by molar-refractivity contribution is -0.137. The van der Waals surface area contributed by atoms with Crippen LogP contribution in [-0.2, 0) is 6.18 Å². The van der Waals surface area contributed by atoms with E-state index in [2.05, 4.69) is 15.5 Å². The van der Waals surface area contributed by atoms with Gasteiger partial charge in [0.2, 0.25) is 0 Å². The van der Waals surface area contributed by atoms with E-state index in [9.17, 15) is 22.8 Å². The van der Waals surface area contributed by atoms with E-state index in [0.717, 1.165) is 12.3 Å². The fraction of sp³-hybridized carbons (Fsp3) is 0.250. The van der Waals surface area contributed by atoms with Gasteiger partial charge < -0.3 is 10.2 Å². The highest BCUT2D eigenvalue weighted by molar-refractivity contribution is 7.08. The van der Waals surface area contributed by atoms with Gasteiger partial charge in [0.15, 0.2) is 5.65 Å². The van der Waals surface area contributed by atoms with Crippen LogP contribution in [0.3, 0.4) is 0 Å². The molecule has 2 amide bonds. The zero-order chi connectivity index (χ0) is 24.6. The van der Waals surface area contributed by atoms with Crippen LogP contribution in [0.15, 0.2) is 59.4 Å². The molecule has 1 aliphatic heterocycles. The number of piperidine rings is 1. The number of carbonyl (C=O) groups is 2. The van der Waals surface area contributed by atoms with E-state index in [0.29, 0.717) is 47.7 Å². The minimum absolute atomic E-state index is 0.263. The third kappa shape index (κ3) is 4.63. The van der Waals surface area contributed by atoms with Crippen LogP contribution in [0.5, 0.6) is 0 Å². The highest BCUT2D eigenvalue weighted by atomic mass is 32.1. The molecule has 0 bridgehead atoms. The maximum Gasteiger partial charge on any atom is 0.417 e. The maximum absolute atomic E-state index is 13.4. The van der Waals surface area contributed by atoms with Gasteiger partial charge in [-0.15, -0.1) is 10.2 Å². The van der Waals surface area contributed by atoms with E-state index in [4.69, 9.17) is 0 Å². The van der Waals surface area contributed by atoms with Crippen molar-refractivity contribution in [2.24, 2.45) is 0 Å². The lowest BCUT2D eigenvalue weighted by Gasteiger charge is -2.32. The number of alkyl halides is 3. The average Bonchev–Trinajstić information content (AvgIpc) is 3.53. The second-order valence-electron chi connectivity index (χ2n) is 8.30. The van der Waals surface area contributed by atoms with Gasteiger partial charge in [0.05, 0.1) is 22.4 Å². The molecule has 4 aromatic rings. The average molecular weight is 500 g/mol. The highest BCUT2D eigenvalue weighted by Gasteiger charge is 2.33. The molecule has 4 heterocycles. The summed E-state index contributed by atoms with van der Waals surface area (Å²) in [6.07, 6.45) is -2.16. The number of benzene rings is 1. The molecular formula is C24H20F3N5O2S. The number of hydrogen-bond acceptors (Lipinski definition) is 5. The molecule has 7 nitrogen and oxygen atoms in total. The Bertz CT molecular complexity index is 1380. The Labute approximate surface area is 202 Å². The molecule has 180 valence electrons. The number of aromatic nitrogens is 3. The lowest BCUT2D eigenvalue weighted by atomic mass is 9.96. The molecule has 0 radical (unpaired) electrons. The number of amides is 2. The molecule has 1 N–H and O–H groups in total. The minimum atomic E-state index is -4.48. The van der Waals surface area contributed by atoms with Crippen LogP contribution in [0, 0.1) is 0 Å². The zero-order valence-corrected chi connectivity index (χ0v) is 19.1. The number of thiophene rings is 1. The third-order valence-corrected chi connectivity index (χ3v) is 6.70. The third-order valence-electron chi connectivity index (χ3n) is 6.02. The number of pyridine rings is 1. The monoisotopic (exact) mass is 499 g/mol. The molecule has 35 heavy (non-hydrogen) atoms. The van der Waals surface area contributed by atoms with E-state index in [-0.39, 0.29) is 24.3 Å². The second kappa shape index (κ2) is 9.14. The Kier molecular flexibility index (Phi) is 6.01. The number of likely N-dealkylation sites (tertiary alicyclic amines) is 1. The molecule has 3 aromatic heterocycles. The van der Waals surface area contributed by atoms with Crippen molar-refractivity contribution < 1.29 is 22.8 Å². The quantitative estimate of drug-likeness (QED) is 0.425. The molecule has 1 saturated heterocycles. The van der Waals surface area contributed by atoms with Crippen molar-refractivity contribution in [1.82, 2.24) is 19.5 Å². The van der Waals surface area contributed by atoms with Gasteiger partial charge in [-0.25, -0.2) is 0 Å². The Hall–Kier alpha value is -3.73. The number of carbonyl (C=O) groups excluding carboxylic acids is 2. The summed E-state index contributed by atoms with van der Waals surface area (Å²) in [5.41, 5.74) is 0.788. The number of nitrogens with zero attached hydrogens (tertiary/aromatic N) is 4. The first kappa shape index (κ1) is 23.0. The van der Waals surface area contributed by atoms with E-state index in [1.54, 1.807) is 46.0 Å². The Balaban J connectivity index is 1.38. The lowest BCUT2D eigenvalue weighted by Crippen LogP contribution is -2.40. The van der Waals surface area contributed by atoms with Crippen LogP contribution in [0.25, 0.3) is 5.65 Å². The number of fused-ring (bicyclic) bond motifs is 1. The van der Waals surface area contributed by atoms with Crippen molar-refractivity contribution in [1.29, 1.82) is 0 Å². The number of para-hydroxylation sites is 1. The maximum atomic E-state index is 13.4. The summed E-state index contributed by atoms with van der Waals surface area (Å²) in [5, 5.41) is 14.5. The van der Waals surface area contributed by atoms with Crippen LogP contribution >= 0.6 is 11.3 Å². The molecule has 1 fully saturated rings. The summed E-state index contributed by atoms with van der Waals surface area (Å²) in [6.45, 7) is 0.773. The standard InChI is InChI=1S/C24H20F3N5O2S/c25-24(26,27)17-7-8-20-29-30-21(32(20)13-17)15-4-3-10-31(12-15)23(34)18-5-1-2-6-19(18)28-22(33)16-9-11-35-14-16/h1-2,5-9,11,13-15H,3-4,10,12H2,(H,28,33). The van der Waals surface area contributed by atoms with Crippen LogP contribution in [0.4, 0.5) is 18.9 Å². The van der Waals surface area contributed by atoms with Gasteiger partial charge in [-0.2, -0.15) is 24.5 Å². The molecule has 1 atom stereocenters. The first-order chi connectivity index (χ1) is 16.8. The van der Waals surface area contributed by atoms with Crippen LogP contribution < -0.4 is 5.32 Å². The Morgan fingerprint density at radius 1 is 1.09 bits per heavy atom. The van der Waals surface area contributed by atoms with Crippen LogP contribution in [0.1, 0.15) is 50.9 Å². The van der Waals surface area contributed by atoms with Gasteiger partial charge in [-0.1, -0.05) is 12.1 Å². The van der Waals surface area contributed by atoms with Gasteiger partial charge >= 0.3 is 6.18 Å². The van der Waals surface area contributed by atoms with Crippen molar-refractivity contribution in [3.63, 3.8) is 0 Å². The van der Waals surface area contributed by atoms with Crippen molar-refractivity contribution >= 4 is 34.5 Å². The smallest absolute Gasteiger partial charge is 0.338 e. The minimum Gasteiger partial charge on any atom is -0.338 e. The predicted octanol–water partition coefficient (Wildman–Crippen LogP) is 5.08. The summed E-state index contributed by atoms with van der Waals surface area (Å²) in [5.74, 6) is -0.458. The van der Waals surface area contributed by atoms with E-state index < -0.39 is 11.7 Å². The van der Waals surface area contributed by atoms with Crippen molar-refractivity contribution in [3.8, 4) is 0 Å². The number of hydrogen-bond donors (Lipinski definition) is 1. The molecule has 0 saturated carbocycles. The normalized spacial score (nSPS) is 16.4. The van der Waals surface area contributed by atoms with Gasteiger partial charge in [-0.05, 0) is 48.6 Å². The summed E-state index contributed by atoms with van der Waals surface area (Å²) < 4.78 is 41.1. The zero-order valence-electron chi connectivity index (χ0n) is 18.3. The molecule has 0 spiro atoms. The molecule has 5 rings (SSSR count). The number of rotatable bonds is 4. The Morgan fingerprint density at radius 3 is 2.69 bits per heavy atom. The SMILES string of the molecule is O=C(Nc1ccccc1C(=O)N1CCCC(c2nnc3ccc(C(F)(F)F)cn23)C1)c1ccsc1. The first-order valence-corrected chi connectivity index (χ1v) is 11.9. The van der Waals surface area contributed by atoms with E-state index >= 15 is 0 Å². The van der Waals surface area contributed by atoms with Gasteiger partial charge in [0.1, 0.15) is 5.82 Å². The Morgan fingerprint density at radius 2 is 1.91 bits per heavy atom. The van der Waals surface area contributed by atoms with Crippen molar-refractivity contribution in [3.05, 3.63) is 81.9 Å². The molecule has 1 unspecified atom stereocenters. The van der Waals surface area contributed by atoms with Crippen LogP contribution in [0.2, 0.25) is 0 Å². The fourth-order valence-corrected chi connectivity index (χ4v) is 4.90. The summed E-state index contributed by atoms with van der Waals surface area (Å²) >= 11 is 1.40. The van der Waals surface area contributed by atoms with Gasteiger partial charge in [0.25, 0.3) is 11.8 Å². The summed E-state index contributed by atoms with van der Waals surface area (Å²) in [6, 6.07) is 10.7. The largest absolute Gasteiger partial charge is 0.417 e. The second-order valence-corrected chi connectivity index (χ2v) is 9.08. The van der Waals surface area contributed by atoms with Crippen molar-refractivity contribution in [2.75, 3.05) is 18.4 Å². The highest BCUT2D eigenvalue weighted by Crippen LogP contribution is 2.32. The fourth-order valence-electron chi connectivity index (χ4n) is 4.26. The summed E-state index contributed by atoms with van der Waals surface area (Å²) in [7, 11) is 0. The number of nitrogens with one attached hydrogen (secondary N) is 1. The number of halogens is 3. The van der Waals surface area contributed by atoms with Gasteiger partial charge in [0, 0.05) is 30.6 Å². The molecule has 1 aliphatic rings. The van der Waals surface area contributed by atoms with Gasteiger partial charge in [-0.3, -0.25) is 14.0 Å². The van der Waals surface area contributed by atoms with Crippen molar-refractivity contribution in [2.45, 2.75) is 24.9 Å². The summed E-state index contributed by atoms with van der Waals surface area (Å²) in [4.78, 5) is 27.6. The van der Waals surface area contributed by atoms with E-state index in [1.165, 1.54) is 21.8 Å². The number of anilines is 1.